The molecule has 1 aliphatic carbocycles. The first-order valence-electron chi connectivity index (χ1n) is 9.17. The zero-order valence-corrected chi connectivity index (χ0v) is 15.8. The van der Waals surface area contributed by atoms with Crippen molar-refractivity contribution in [1.29, 1.82) is 0 Å². The van der Waals surface area contributed by atoms with Gasteiger partial charge in [-0.05, 0) is 61.7 Å². The summed E-state index contributed by atoms with van der Waals surface area (Å²) in [5.41, 5.74) is 0.984. The average Bonchev–Trinajstić information content (AvgIpc) is 3.37. The van der Waals surface area contributed by atoms with Gasteiger partial charge in [-0.15, -0.1) is 0 Å². The molecule has 1 aromatic carbocycles. The first-order valence-corrected chi connectivity index (χ1v) is 11.2. The molecule has 3 nitrogen and oxygen atoms in total. The van der Waals surface area contributed by atoms with Crippen LogP contribution in [0.1, 0.15) is 42.7 Å². The fourth-order valence-electron chi connectivity index (χ4n) is 3.95. The maximum absolute atomic E-state index is 13.2. The predicted octanol–water partition coefficient (Wildman–Crippen LogP) is 4.00. The zero-order valence-electron chi connectivity index (χ0n) is 15.0. The molecule has 0 radical (unpaired) electrons. The van der Waals surface area contributed by atoms with Crippen LogP contribution in [0, 0.1) is 11.8 Å². The Morgan fingerprint density at radius 1 is 1.04 bits per heavy atom. The Morgan fingerprint density at radius 3 is 2.04 bits per heavy atom. The molecular formula is C19H26F3NO2S. The Hall–Kier alpha value is -1.08. The molecule has 1 saturated carbocycles. The second-order valence-electron chi connectivity index (χ2n) is 7.88. The minimum atomic E-state index is -4.57. The molecule has 0 bridgehead atoms. The van der Waals surface area contributed by atoms with Crippen molar-refractivity contribution < 1.29 is 21.6 Å². The lowest BCUT2D eigenvalue weighted by atomic mass is 9.92. The largest absolute Gasteiger partial charge is 0.396 e. The molecule has 2 fully saturated rings. The highest BCUT2D eigenvalue weighted by Crippen LogP contribution is 2.42. The molecule has 0 N–H and O–H groups in total. The molecule has 1 aromatic rings. The van der Waals surface area contributed by atoms with E-state index in [1.807, 2.05) is 0 Å². The van der Waals surface area contributed by atoms with Crippen LogP contribution in [-0.4, -0.2) is 44.6 Å². The lowest BCUT2D eigenvalue weighted by molar-refractivity contribution is -0.145. The summed E-state index contributed by atoms with van der Waals surface area (Å²) in [5.74, 6) is -1.09. The monoisotopic (exact) mass is 389 g/mol. The number of piperidine rings is 1. The van der Waals surface area contributed by atoms with Gasteiger partial charge < -0.3 is 0 Å². The van der Waals surface area contributed by atoms with E-state index in [9.17, 15) is 21.6 Å². The van der Waals surface area contributed by atoms with Crippen LogP contribution < -0.4 is 0 Å². The highest BCUT2D eigenvalue weighted by Gasteiger charge is 2.42. The molecule has 26 heavy (non-hydrogen) atoms. The van der Waals surface area contributed by atoms with Gasteiger partial charge >= 0.3 is 6.18 Å². The lowest BCUT2D eigenvalue weighted by Gasteiger charge is -2.32. The zero-order chi connectivity index (χ0) is 18.9. The minimum absolute atomic E-state index is 0.0131. The van der Waals surface area contributed by atoms with E-state index in [-0.39, 0.29) is 5.56 Å². The molecule has 0 aromatic heterocycles. The smallest absolute Gasteiger partial charge is 0.299 e. The summed E-state index contributed by atoms with van der Waals surface area (Å²) in [6.07, 6.45) is 1.45. The Bertz CT molecular complexity index is 703. The number of sulfone groups is 1. The number of alkyl halides is 3. The Labute approximate surface area is 153 Å². The van der Waals surface area contributed by atoms with E-state index < -0.39 is 27.7 Å². The van der Waals surface area contributed by atoms with E-state index in [4.69, 9.17) is 0 Å². The Morgan fingerprint density at radius 2 is 1.58 bits per heavy atom. The normalized spacial score (nSPS) is 21.7. The highest BCUT2D eigenvalue weighted by atomic mass is 32.2. The predicted molar refractivity (Wildman–Crippen MR) is 95.7 cm³/mol. The number of halogens is 3. The second kappa shape index (κ2) is 7.50. The van der Waals surface area contributed by atoms with Crippen LogP contribution in [0.15, 0.2) is 24.3 Å². The van der Waals surface area contributed by atoms with Gasteiger partial charge in [0.25, 0.3) is 0 Å². The molecule has 0 spiro atoms. The van der Waals surface area contributed by atoms with Crippen LogP contribution in [0.25, 0.3) is 0 Å². The van der Waals surface area contributed by atoms with E-state index in [1.165, 1.54) is 37.8 Å². The van der Waals surface area contributed by atoms with Crippen LogP contribution in [0.5, 0.6) is 0 Å². The summed E-state index contributed by atoms with van der Waals surface area (Å²) in [4.78, 5) is 2.35. The first kappa shape index (κ1) is 19.7. The van der Waals surface area contributed by atoms with Crippen molar-refractivity contribution in [3.8, 4) is 0 Å². The molecule has 3 rings (SSSR count). The number of hydrogen-bond donors (Lipinski definition) is 0. The van der Waals surface area contributed by atoms with E-state index in [2.05, 4.69) is 4.90 Å². The molecule has 7 heteroatoms. The molecule has 146 valence electrons. The molecule has 1 aliphatic heterocycles. The van der Waals surface area contributed by atoms with Gasteiger partial charge in [-0.3, -0.25) is 4.90 Å². The van der Waals surface area contributed by atoms with E-state index in [1.54, 1.807) is 12.1 Å². The maximum Gasteiger partial charge on any atom is 0.396 e. The summed E-state index contributed by atoms with van der Waals surface area (Å²) in [7, 11) is -3.72. The van der Waals surface area contributed by atoms with Crippen LogP contribution in [0.2, 0.25) is 0 Å². The van der Waals surface area contributed by atoms with Gasteiger partial charge in [-0.2, -0.15) is 13.2 Å². The van der Waals surface area contributed by atoms with Crippen LogP contribution in [-0.2, 0) is 16.4 Å². The van der Waals surface area contributed by atoms with Crippen molar-refractivity contribution in [3.63, 3.8) is 0 Å². The van der Waals surface area contributed by atoms with Crippen LogP contribution in [0.4, 0.5) is 13.2 Å². The maximum atomic E-state index is 13.2. The Balaban J connectivity index is 1.61. The summed E-state index contributed by atoms with van der Waals surface area (Å²) >= 11 is 0. The molecule has 2 aliphatic rings. The van der Waals surface area contributed by atoms with Gasteiger partial charge in [-0.1, -0.05) is 24.3 Å². The van der Waals surface area contributed by atoms with E-state index in [0.29, 0.717) is 0 Å². The van der Waals surface area contributed by atoms with Crippen LogP contribution in [0.3, 0.4) is 0 Å². The quantitative estimate of drug-likeness (QED) is 0.738. The van der Waals surface area contributed by atoms with Gasteiger partial charge in [0.05, 0.1) is 11.7 Å². The number of nitrogens with zero attached hydrogens (tertiary/aromatic N) is 1. The van der Waals surface area contributed by atoms with Gasteiger partial charge in [0.1, 0.15) is 9.84 Å². The molecule has 1 saturated heterocycles. The highest BCUT2D eigenvalue weighted by molar-refractivity contribution is 7.90. The SMILES string of the molecule is CS(=O)(=O)C[C@@H](c1ccc(CN2CCC(C3CC3)CC2)cc1)C(F)(F)F. The van der Waals surface area contributed by atoms with Crippen molar-refractivity contribution in [2.75, 3.05) is 25.1 Å². The van der Waals surface area contributed by atoms with E-state index >= 15 is 0 Å². The van der Waals surface area contributed by atoms with Gasteiger partial charge in [0, 0.05) is 12.8 Å². The van der Waals surface area contributed by atoms with Crippen molar-refractivity contribution in [2.24, 2.45) is 11.8 Å². The summed E-state index contributed by atoms with van der Waals surface area (Å²) in [5, 5.41) is 0. The first-order chi connectivity index (χ1) is 12.1. The van der Waals surface area contributed by atoms with Crippen molar-refractivity contribution in [1.82, 2.24) is 4.90 Å². The topological polar surface area (TPSA) is 37.4 Å². The molecule has 0 unspecified atom stereocenters. The molecular weight excluding hydrogens is 363 g/mol. The van der Waals surface area contributed by atoms with Gasteiger partial charge in [-0.25, -0.2) is 8.42 Å². The van der Waals surface area contributed by atoms with Crippen molar-refractivity contribution in [2.45, 2.75) is 44.3 Å². The summed E-state index contributed by atoms with van der Waals surface area (Å²) in [6, 6.07) is 6.25. The number of rotatable bonds is 6. The number of hydrogen-bond acceptors (Lipinski definition) is 3. The Kier molecular flexibility index (Phi) is 5.68. The van der Waals surface area contributed by atoms with Crippen molar-refractivity contribution in [3.05, 3.63) is 35.4 Å². The number of likely N-dealkylation sites (tertiary alicyclic amines) is 1. The fraction of sp³-hybridized carbons (Fsp3) is 0.684. The van der Waals surface area contributed by atoms with E-state index in [0.717, 1.165) is 43.3 Å². The van der Waals surface area contributed by atoms with Gasteiger partial charge in [0.15, 0.2) is 0 Å². The lowest BCUT2D eigenvalue weighted by Crippen LogP contribution is -2.33. The second-order valence-corrected chi connectivity index (χ2v) is 10.1. The number of benzene rings is 1. The average molecular weight is 389 g/mol. The standard InChI is InChI=1S/C19H26F3NO2S/c1-26(24,25)13-18(19(20,21)22)17-4-2-14(3-5-17)12-23-10-8-16(9-11-23)15-6-7-15/h2-5,15-16,18H,6-13H2,1H3/t18-/m0/s1. The molecule has 0 amide bonds. The third-order valence-electron chi connectivity index (χ3n) is 5.57. The van der Waals surface area contributed by atoms with Gasteiger partial charge in [0.2, 0.25) is 0 Å². The minimum Gasteiger partial charge on any atom is -0.299 e. The van der Waals surface area contributed by atoms with Crippen LogP contribution >= 0.6 is 0 Å². The third kappa shape index (κ3) is 5.46. The summed E-state index contributed by atoms with van der Waals surface area (Å²) in [6.45, 7) is 2.82. The van der Waals surface area contributed by atoms with Crippen molar-refractivity contribution >= 4 is 9.84 Å². The fourth-order valence-corrected chi connectivity index (χ4v) is 4.93. The summed E-state index contributed by atoms with van der Waals surface area (Å²) < 4.78 is 62.5. The molecule has 1 atom stereocenters. The molecule has 1 heterocycles. The third-order valence-corrected chi connectivity index (χ3v) is 6.51.